The molecule has 0 saturated heterocycles. The zero-order chi connectivity index (χ0) is 13.7. The molecule has 0 radical (unpaired) electrons. The third-order valence-corrected chi connectivity index (χ3v) is 3.89. The highest BCUT2D eigenvalue weighted by Gasteiger charge is 2.14. The van der Waals surface area contributed by atoms with Gasteiger partial charge in [0, 0.05) is 19.7 Å². The van der Waals surface area contributed by atoms with Gasteiger partial charge in [0.2, 0.25) is 0 Å². The fourth-order valence-corrected chi connectivity index (χ4v) is 2.92. The lowest BCUT2D eigenvalue weighted by Gasteiger charge is -2.04. The minimum absolute atomic E-state index is 0.354. The van der Waals surface area contributed by atoms with Crippen LogP contribution in [0.5, 0.6) is 0 Å². The maximum atomic E-state index is 11.5. The second kappa shape index (κ2) is 4.09. The first-order chi connectivity index (χ1) is 8.99. The lowest BCUT2D eigenvalue weighted by molar-refractivity contribution is 0.528. The van der Waals surface area contributed by atoms with Crippen LogP contribution >= 0.6 is 15.9 Å². The smallest absolute Gasteiger partial charge is 0.408 e. The Kier molecular flexibility index (Phi) is 2.63. The minimum Gasteiger partial charge on any atom is -0.408 e. The summed E-state index contributed by atoms with van der Waals surface area (Å²) >= 11 is 3.46. The third kappa shape index (κ3) is 1.74. The van der Waals surface area contributed by atoms with Crippen molar-refractivity contribution in [3.63, 3.8) is 0 Å². The molecule has 5 nitrogen and oxygen atoms in total. The first-order valence-corrected chi connectivity index (χ1v) is 6.57. The first kappa shape index (κ1) is 12.2. The Hall–Kier alpha value is -1.82. The number of aromatic nitrogens is 3. The molecule has 3 rings (SSSR count). The fourth-order valence-electron chi connectivity index (χ4n) is 2.16. The van der Waals surface area contributed by atoms with Gasteiger partial charge in [-0.3, -0.25) is 4.57 Å². The summed E-state index contributed by atoms with van der Waals surface area (Å²) in [6, 6.07) is 5.70. The molecular weight excluding hydrogens is 310 g/mol. The van der Waals surface area contributed by atoms with E-state index in [9.17, 15) is 4.79 Å². The molecule has 0 aliphatic heterocycles. The van der Waals surface area contributed by atoms with Crippen molar-refractivity contribution in [1.29, 1.82) is 0 Å². The number of halogens is 1. The number of aryl methyl sites for hydroxylation is 2. The van der Waals surface area contributed by atoms with Crippen LogP contribution in [0.2, 0.25) is 0 Å². The molecule has 0 atom stereocenters. The van der Waals surface area contributed by atoms with Gasteiger partial charge in [0.25, 0.3) is 0 Å². The second-order valence-corrected chi connectivity index (χ2v) is 5.22. The van der Waals surface area contributed by atoms with Crippen molar-refractivity contribution >= 4 is 27.0 Å². The summed E-state index contributed by atoms with van der Waals surface area (Å²) in [4.78, 5) is 15.9. The van der Waals surface area contributed by atoms with Crippen molar-refractivity contribution in [3.05, 3.63) is 39.2 Å². The van der Waals surface area contributed by atoms with Crippen molar-refractivity contribution in [2.45, 2.75) is 6.92 Å². The summed E-state index contributed by atoms with van der Waals surface area (Å²) in [5.41, 5.74) is 3.28. The zero-order valence-electron chi connectivity index (χ0n) is 10.8. The van der Waals surface area contributed by atoms with Gasteiger partial charge in [-0.05, 0) is 35.0 Å². The molecule has 0 amide bonds. The Morgan fingerprint density at radius 3 is 2.63 bits per heavy atom. The Bertz CT molecular complexity index is 842. The van der Waals surface area contributed by atoms with Gasteiger partial charge < -0.3 is 8.98 Å². The Balaban J connectivity index is 2.29. The minimum atomic E-state index is -0.354. The summed E-state index contributed by atoms with van der Waals surface area (Å²) in [5.74, 6) is 0.559. The summed E-state index contributed by atoms with van der Waals surface area (Å²) in [6.07, 6.45) is 0. The van der Waals surface area contributed by atoms with Crippen LogP contribution in [-0.4, -0.2) is 14.1 Å². The van der Waals surface area contributed by atoms with Gasteiger partial charge in [-0.2, -0.15) is 0 Å². The molecular formula is C13H12BrN3O2. The van der Waals surface area contributed by atoms with Gasteiger partial charge >= 0.3 is 5.76 Å². The number of oxazole rings is 1. The van der Waals surface area contributed by atoms with Crippen LogP contribution in [0.4, 0.5) is 0 Å². The van der Waals surface area contributed by atoms with Gasteiger partial charge in [-0.25, -0.2) is 9.78 Å². The number of hydrogen-bond acceptors (Lipinski definition) is 3. The third-order valence-electron chi connectivity index (χ3n) is 3.34. The summed E-state index contributed by atoms with van der Waals surface area (Å²) < 4.78 is 9.47. The van der Waals surface area contributed by atoms with Gasteiger partial charge in [0.15, 0.2) is 5.58 Å². The van der Waals surface area contributed by atoms with E-state index in [2.05, 4.69) is 20.9 Å². The molecule has 2 heterocycles. The molecule has 0 unspecified atom stereocenters. The number of fused-ring (bicyclic) bond motifs is 1. The van der Waals surface area contributed by atoms with Gasteiger partial charge in [0.05, 0.1) is 11.2 Å². The van der Waals surface area contributed by atoms with E-state index < -0.39 is 0 Å². The van der Waals surface area contributed by atoms with Crippen LogP contribution in [0.15, 0.2) is 32.0 Å². The quantitative estimate of drug-likeness (QED) is 0.692. The van der Waals surface area contributed by atoms with E-state index in [-0.39, 0.29) is 5.76 Å². The van der Waals surface area contributed by atoms with Crippen molar-refractivity contribution in [2.75, 3.05) is 0 Å². The topological polar surface area (TPSA) is 53.0 Å². The predicted molar refractivity (Wildman–Crippen MR) is 76.1 cm³/mol. The lowest BCUT2D eigenvalue weighted by atomic mass is 10.1. The van der Waals surface area contributed by atoms with Crippen molar-refractivity contribution in [3.8, 4) is 11.3 Å². The van der Waals surface area contributed by atoms with Gasteiger partial charge in [0.1, 0.15) is 10.4 Å². The van der Waals surface area contributed by atoms with Crippen molar-refractivity contribution < 1.29 is 4.42 Å². The van der Waals surface area contributed by atoms with Crippen LogP contribution in [0.3, 0.4) is 0 Å². The standard InChI is InChI=1S/C13H12BrN3O2/c1-7-15-12(14)11(16(7)2)8-4-5-9-10(6-8)19-13(18)17(9)3/h4-6H,1-3H3. The summed E-state index contributed by atoms with van der Waals surface area (Å²) in [6.45, 7) is 1.94. The molecule has 0 saturated carbocycles. The number of imidazole rings is 1. The lowest BCUT2D eigenvalue weighted by Crippen LogP contribution is -2.08. The molecule has 0 aliphatic rings. The highest BCUT2D eigenvalue weighted by molar-refractivity contribution is 9.10. The number of hydrogen-bond donors (Lipinski definition) is 0. The van der Waals surface area contributed by atoms with E-state index in [0.29, 0.717) is 5.58 Å². The molecule has 0 spiro atoms. The van der Waals surface area contributed by atoms with E-state index >= 15 is 0 Å². The van der Waals surface area contributed by atoms with Gasteiger partial charge in [-0.1, -0.05) is 6.07 Å². The van der Waals surface area contributed by atoms with Crippen LogP contribution in [-0.2, 0) is 14.1 Å². The van der Waals surface area contributed by atoms with Crippen LogP contribution in [0.1, 0.15) is 5.82 Å². The summed E-state index contributed by atoms with van der Waals surface area (Å²) in [5, 5.41) is 0. The second-order valence-electron chi connectivity index (χ2n) is 4.47. The molecule has 2 aromatic heterocycles. The number of benzene rings is 1. The maximum absolute atomic E-state index is 11.5. The molecule has 3 aromatic rings. The van der Waals surface area contributed by atoms with Crippen LogP contribution < -0.4 is 5.76 Å². The number of nitrogens with zero attached hydrogens (tertiary/aromatic N) is 3. The molecule has 1 aromatic carbocycles. The molecule has 0 fully saturated rings. The summed E-state index contributed by atoms with van der Waals surface area (Å²) in [7, 11) is 3.64. The highest BCUT2D eigenvalue weighted by atomic mass is 79.9. The maximum Gasteiger partial charge on any atom is 0.419 e. The van der Waals surface area contributed by atoms with E-state index in [1.54, 1.807) is 7.05 Å². The van der Waals surface area contributed by atoms with Crippen LogP contribution in [0.25, 0.3) is 22.4 Å². The fraction of sp³-hybridized carbons (Fsp3) is 0.231. The van der Waals surface area contributed by atoms with Crippen molar-refractivity contribution in [2.24, 2.45) is 14.1 Å². The zero-order valence-corrected chi connectivity index (χ0v) is 12.4. The van der Waals surface area contributed by atoms with E-state index in [4.69, 9.17) is 4.42 Å². The molecule has 0 N–H and O–H groups in total. The SMILES string of the molecule is Cc1nc(Br)c(-c2ccc3c(c2)oc(=O)n3C)n1C. The first-order valence-electron chi connectivity index (χ1n) is 5.78. The number of rotatable bonds is 1. The Labute approximate surface area is 117 Å². The van der Waals surface area contributed by atoms with Crippen molar-refractivity contribution in [1.82, 2.24) is 14.1 Å². The average Bonchev–Trinajstić information content (AvgIpc) is 2.78. The monoisotopic (exact) mass is 321 g/mol. The molecule has 98 valence electrons. The van der Waals surface area contributed by atoms with Gasteiger partial charge in [-0.15, -0.1) is 0 Å². The largest absolute Gasteiger partial charge is 0.419 e. The molecule has 19 heavy (non-hydrogen) atoms. The predicted octanol–water partition coefficient (Wildman–Crippen LogP) is 2.60. The highest BCUT2D eigenvalue weighted by Crippen LogP contribution is 2.30. The van der Waals surface area contributed by atoms with E-state index in [1.807, 2.05) is 36.7 Å². The average molecular weight is 322 g/mol. The van der Waals surface area contributed by atoms with E-state index in [0.717, 1.165) is 27.2 Å². The molecule has 6 heteroatoms. The van der Waals surface area contributed by atoms with Crippen LogP contribution in [0, 0.1) is 6.92 Å². The van der Waals surface area contributed by atoms with E-state index in [1.165, 1.54) is 4.57 Å². The Morgan fingerprint density at radius 1 is 1.26 bits per heavy atom. The molecule has 0 aliphatic carbocycles. The Morgan fingerprint density at radius 2 is 2.00 bits per heavy atom. The molecule has 0 bridgehead atoms. The normalized spacial score (nSPS) is 11.4.